The maximum Gasteiger partial charge on any atom is 0.255 e. The minimum Gasteiger partial charge on any atom is -0.338 e. The van der Waals surface area contributed by atoms with Gasteiger partial charge in [0, 0.05) is 13.1 Å². The summed E-state index contributed by atoms with van der Waals surface area (Å²) in [5, 5.41) is 3.16. The minimum atomic E-state index is -3.41. The summed E-state index contributed by atoms with van der Waals surface area (Å²) in [6.07, 6.45) is 2.60. The second kappa shape index (κ2) is 7.93. The number of benzene rings is 1. The summed E-state index contributed by atoms with van der Waals surface area (Å²) in [6, 6.07) is 6.59. The molecule has 1 N–H and O–H groups in total. The third-order valence-electron chi connectivity index (χ3n) is 4.22. The van der Waals surface area contributed by atoms with E-state index in [1.807, 2.05) is 14.0 Å². The van der Waals surface area contributed by atoms with E-state index in [1.165, 1.54) is 0 Å². The van der Waals surface area contributed by atoms with Gasteiger partial charge in [-0.05, 0) is 50.9 Å². The Bertz CT molecular complexity index is 641. The van der Waals surface area contributed by atoms with Gasteiger partial charge in [-0.25, -0.2) is 8.42 Å². The maximum absolute atomic E-state index is 12.9. The number of likely N-dealkylation sites (tertiary alicyclic amines) is 1. The molecule has 2 rings (SSSR count). The van der Waals surface area contributed by atoms with Crippen molar-refractivity contribution >= 4 is 15.7 Å². The molecule has 128 valence electrons. The molecular formula is C17H26N2O3S. The Balaban J connectivity index is 2.26. The Morgan fingerprint density at radius 1 is 1.35 bits per heavy atom. The molecule has 1 atom stereocenters. The van der Waals surface area contributed by atoms with Gasteiger partial charge in [-0.15, -0.1) is 0 Å². The Morgan fingerprint density at radius 3 is 2.78 bits per heavy atom. The van der Waals surface area contributed by atoms with Gasteiger partial charge in [0.15, 0.2) is 9.84 Å². The highest BCUT2D eigenvalue weighted by molar-refractivity contribution is 7.91. The zero-order chi connectivity index (χ0) is 16.9. The fourth-order valence-electron chi connectivity index (χ4n) is 3.17. The van der Waals surface area contributed by atoms with Crippen LogP contribution in [0.4, 0.5) is 0 Å². The quantitative estimate of drug-likeness (QED) is 0.861. The van der Waals surface area contributed by atoms with Gasteiger partial charge >= 0.3 is 0 Å². The summed E-state index contributed by atoms with van der Waals surface area (Å²) >= 11 is 0. The normalized spacial score (nSPS) is 18.9. The lowest BCUT2D eigenvalue weighted by atomic mass is 9.97. The lowest BCUT2D eigenvalue weighted by Gasteiger charge is -2.33. The molecule has 1 heterocycles. The smallest absolute Gasteiger partial charge is 0.255 e. The minimum absolute atomic E-state index is 0.0691. The predicted molar refractivity (Wildman–Crippen MR) is 91.3 cm³/mol. The Kier molecular flexibility index (Phi) is 6.18. The Labute approximate surface area is 139 Å². The third kappa shape index (κ3) is 4.32. The van der Waals surface area contributed by atoms with Gasteiger partial charge in [-0.3, -0.25) is 4.79 Å². The number of carbonyl (C=O) groups excluding carboxylic acids is 1. The molecule has 0 saturated carbocycles. The number of hydrogen-bond acceptors (Lipinski definition) is 4. The Morgan fingerprint density at radius 2 is 2.09 bits per heavy atom. The highest BCUT2D eigenvalue weighted by Gasteiger charge is 2.28. The van der Waals surface area contributed by atoms with Crippen LogP contribution in [0, 0.1) is 5.92 Å². The first-order valence-corrected chi connectivity index (χ1v) is 9.90. The zero-order valence-corrected chi connectivity index (χ0v) is 14.7. The molecule has 1 amide bonds. The van der Waals surface area contributed by atoms with Crippen LogP contribution in [0.15, 0.2) is 29.2 Å². The summed E-state index contributed by atoms with van der Waals surface area (Å²) in [6.45, 7) is 4.08. The summed E-state index contributed by atoms with van der Waals surface area (Å²) in [5.74, 6) is 0.331. The summed E-state index contributed by atoms with van der Waals surface area (Å²) < 4.78 is 24.9. The maximum atomic E-state index is 12.9. The molecule has 0 radical (unpaired) electrons. The second-order valence-electron chi connectivity index (χ2n) is 6.13. The molecule has 5 nitrogen and oxygen atoms in total. The third-order valence-corrected chi connectivity index (χ3v) is 6.20. The highest BCUT2D eigenvalue weighted by Crippen LogP contribution is 2.23. The van der Waals surface area contributed by atoms with Crippen LogP contribution >= 0.6 is 0 Å². The molecule has 1 aromatic carbocycles. The van der Waals surface area contributed by atoms with Crippen LogP contribution in [0.5, 0.6) is 0 Å². The van der Waals surface area contributed by atoms with Gasteiger partial charge < -0.3 is 10.2 Å². The molecule has 0 unspecified atom stereocenters. The molecule has 1 aliphatic rings. The van der Waals surface area contributed by atoms with E-state index in [4.69, 9.17) is 0 Å². The van der Waals surface area contributed by atoms with Crippen molar-refractivity contribution in [3.05, 3.63) is 29.8 Å². The zero-order valence-electron chi connectivity index (χ0n) is 13.9. The number of carbonyl (C=O) groups is 1. The molecule has 1 saturated heterocycles. The monoisotopic (exact) mass is 338 g/mol. The van der Waals surface area contributed by atoms with E-state index in [1.54, 1.807) is 29.2 Å². The molecule has 0 aromatic heterocycles. The lowest BCUT2D eigenvalue weighted by Crippen LogP contribution is -2.42. The van der Waals surface area contributed by atoms with Crippen LogP contribution in [0.3, 0.4) is 0 Å². The lowest BCUT2D eigenvalue weighted by molar-refractivity contribution is 0.0670. The van der Waals surface area contributed by atoms with Crippen molar-refractivity contribution in [2.75, 3.05) is 32.4 Å². The van der Waals surface area contributed by atoms with Crippen LogP contribution < -0.4 is 5.32 Å². The van der Waals surface area contributed by atoms with Gasteiger partial charge in [0.2, 0.25) is 0 Å². The number of amides is 1. The highest BCUT2D eigenvalue weighted by atomic mass is 32.2. The molecule has 1 aromatic rings. The Hall–Kier alpha value is -1.40. The SMILES string of the molecule is CCCS(=O)(=O)c1ccccc1C(=O)N1CCC[C@@H](CNC)C1. The van der Waals surface area contributed by atoms with E-state index in [0.29, 0.717) is 31.0 Å². The molecule has 0 spiro atoms. The number of piperidine rings is 1. The van der Waals surface area contributed by atoms with Crippen molar-refractivity contribution < 1.29 is 13.2 Å². The van der Waals surface area contributed by atoms with E-state index in [2.05, 4.69) is 5.32 Å². The molecule has 6 heteroatoms. The van der Waals surface area contributed by atoms with Crippen molar-refractivity contribution in [3.8, 4) is 0 Å². The van der Waals surface area contributed by atoms with Crippen molar-refractivity contribution in [1.82, 2.24) is 10.2 Å². The first kappa shape index (κ1) is 17.9. The fraction of sp³-hybridized carbons (Fsp3) is 0.588. The number of hydrogen-bond donors (Lipinski definition) is 1. The van der Waals surface area contributed by atoms with Gasteiger partial charge in [0.1, 0.15) is 0 Å². The van der Waals surface area contributed by atoms with Crippen LogP contribution in [-0.2, 0) is 9.84 Å². The first-order valence-electron chi connectivity index (χ1n) is 8.25. The topological polar surface area (TPSA) is 66.5 Å². The summed E-state index contributed by atoms with van der Waals surface area (Å²) in [5.41, 5.74) is 0.311. The van der Waals surface area contributed by atoms with E-state index in [-0.39, 0.29) is 16.6 Å². The molecule has 0 aliphatic carbocycles. The average Bonchev–Trinajstić information content (AvgIpc) is 2.55. The van der Waals surface area contributed by atoms with Gasteiger partial charge in [-0.2, -0.15) is 0 Å². The average molecular weight is 338 g/mol. The van der Waals surface area contributed by atoms with Crippen LogP contribution in [0.25, 0.3) is 0 Å². The van der Waals surface area contributed by atoms with Crippen molar-refractivity contribution in [2.45, 2.75) is 31.1 Å². The molecular weight excluding hydrogens is 312 g/mol. The van der Waals surface area contributed by atoms with Crippen LogP contribution in [0.1, 0.15) is 36.5 Å². The van der Waals surface area contributed by atoms with E-state index < -0.39 is 9.84 Å². The van der Waals surface area contributed by atoms with E-state index in [0.717, 1.165) is 19.4 Å². The van der Waals surface area contributed by atoms with E-state index in [9.17, 15) is 13.2 Å². The summed E-state index contributed by atoms with van der Waals surface area (Å²) in [4.78, 5) is 14.8. The van der Waals surface area contributed by atoms with Crippen LogP contribution in [-0.4, -0.2) is 51.7 Å². The first-order chi connectivity index (χ1) is 11.0. The predicted octanol–water partition coefficient (Wildman–Crippen LogP) is 1.94. The number of nitrogens with zero attached hydrogens (tertiary/aromatic N) is 1. The van der Waals surface area contributed by atoms with Gasteiger partial charge in [0.05, 0.1) is 16.2 Å². The van der Waals surface area contributed by atoms with Crippen LogP contribution in [0.2, 0.25) is 0 Å². The standard InChI is InChI=1S/C17H26N2O3S/c1-3-11-23(21,22)16-9-5-4-8-15(16)17(20)19-10-6-7-14(13-19)12-18-2/h4-5,8-9,14,18H,3,6-7,10-13H2,1-2H3/t14-/m0/s1. The fourth-order valence-corrected chi connectivity index (χ4v) is 4.70. The van der Waals surface area contributed by atoms with Crippen molar-refractivity contribution in [2.24, 2.45) is 5.92 Å². The van der Waals surface area contributed by atoms with Gasteiger partial charge in [-0.1, -0.05) is 19.1 Å². The number of nitrogens with one attached hydrogen (secondary N) is 1. The van der Waals surface area contributed by atoms with Gasteiger partial charge in [0.25, 0.3) is 5.91 Å². The number of rotatable bonds is 6. The largest absolute Gasteiger partial charge is 0.338 e. The van der Waals surface area contributed by atoms with Crippen molar-refractivity contribution in [3.63, 3.8) is 0 Å². The molecule has 23 heavy (non-hydrogen) atoms. The van der Waals surface area contributed by atoms with Crippen molar-refractivity contribution in [1.29, 1.82) is 0 Å². The molecule has 1 fully saturated rings. The second-order valence-corrected chi connectivity index (χ2v) is 8.21. The molecule has 0 bridgehead atoms. The molecule has 1 aliphatic heterocycles. The summed E-state index contributed by atoms with van der Waals surface area (Å²) in [7, 11) is -1.50. The number of sulfone groups is 1. The van der Waals surface area contributed by atoms with E-state index >= 15 is 0 Å².